The molecule has 2 heterocycles. The summed E-state index contributed by atoms with van der Waals surface area (Å²) < 4.78 is 5.66. The Labute approximate surface area is 145 Å². The van der Waals surface area contributed by atoms with Gasteiger partial charge in [-0.25, -0.2) is 0 Å². The standard InChI is InChI=1S/C15H27N3O2.2ClH/c1-20-15(5-7-16-8-6-15)14(19)18-11-9-17(10-12-18)13-3-2-4-13;;/h13,16H,2-12H2,1H3;2*1H. The van der Waals surface area contributed by atoms with Crippen molar-refractivity contribution in [2.75, 3.05) is 46.4 Å². The third-order valence-electron chi connectivity index (χ3n) is 5.38. The van der Waals surface area contributed by atoms with Gasteiger partial charge in [0.15, 0.2) is 0 Å². The molecule has 0 aromatic carbocycles. The second-order valence-electron chi connectivity index (χ2n) is 6.36. The number of hydrogen-bond acceptors (Lipinski definition) is 4. The summed E-state index contributed by atoms with van der Waals surface area (Å²) in [6.45, 7) is 5.56. The number of carbonyl (C=O) groups is 1. The lowest BCUT2D eigenvalue weighted by atomic mass is 9.89. The molecule has 0 spiro atoms. The third-order valence-corrected chi connectivity index (χ3v) is 5.38. The summed E-state index contributed by atoms with van der Waals surface area (Å²) in [6.07, 6.45) is 5.67. The van der Waals surface area contributed by atoms with Crippen molar-refractivity contribution >= 4 is 30.7 Å². The number of ether oxygens (including phenoxy) is 1. The van der Waals surface area contributed by atoms with E-state index in [0.29, 0.717) is 0 Å². The fourth-order valence-corrected chi connectivity index (χ4v) is 3.67. The SMILES string of the molecule is COC1(C(=O)N2CCN(C3CCC3)CC2)CCNCC1.Cl.Cl. The van der Waals surface area contributed by atoms with E-state index in [1.807, 2.05) is 4.90 Å². The van der Waals surface area contributed by atoms with E-state index in [0.717, 1.165) is 58.2 Å². The molecule has 1 N–H and O–H groups in total. The van der Waals surface area contributed by atoms with Gasteiger partial charge in [0.05, 0.1) is 0 Å². The number of nitrogens with zero attached hydrogens (tertiary/aromatic N) is 2. The van der Waals surface area contributed by atoms with Gasteiger partial charge in [0.2, 0.25) is 0 Å². The molecule has 3 rings (SSSR count). The molecule has 3 fully saturated rings. The molecular formula is C15H29Cl2N3O2. The van der Waals surface area contributed by atoms with Gasteiger partial charge in [-0.3, -0.25) is 9.69 Å². The molecule has 0 atom stereocenters. The van der Waals surface area contributed by atoms with Crippen LogP contribution in [-0.2, 0) is 9.53 Å². The molecule has 5 nitrogen and oxygen atoms in total. The maximum absolute atomic E-state index is 12.8. The molecule has 1 amide bonds. The molecule has 3 aliphatic rings. The van der Waals surface area contributed by atoms with Gasteiger partial charge in [0.25, 0.3) is 5.91 Å². The van der Waals surface area contributed by atoms with Crippen LogP contribution < -0.4 is 5.32 Å². The fraction of sp³-hybridized carbons (Fsp3) is 0.933. The van der Waals surface area contributed by atoms with E-state index >= 15 is 0 Å². The van der Waals surface area contributed by atoms with Crippen molar-refractivity contribution in [3.8, 4) is 0 Å². The van der Waals surface area contributed by atoms with Crippen LogP contribution in [0.5, 0.6) is 0 Å². The van der Waals surface area contributed by atoms with Gasteiger partial charge in [-0.2, -0.15) is 0 Å². The van der Waals surface area contributed by atoms with Gasteiger partial charge < -0.3 is 15.0 Å². The third kappa shape index (κ3) is 3.88. The highest BCUT2D eigenvalue weighted by Gasteiger charge is 2.43. The monoisotopic (exact) mass is 353 g/mol. The lowest BCUT2D eigenvalue weighted by molar-refractivity contribution is -0.160. The molecule has 0 aromatic rings. The van der Waals surface area contributed by atoms with Gasteiger partial charge in [0, 0.05) is 39.3 Å². The molecule has 7 heteroatoms. The van der Waals surface area contributed by atoms with Gasteiger partial charge in [-0.15, -0.1) is 24.8 Å². The Morgan fingerprint density at radius 1 is 1.09 bits per heavy atom. The Morgan fingerprint density at radius 2 is 1.68 bits per heavy atom. The van der Waals surface area contributed by atoms with Crippen LogP contribution in [-0.4, -0.2) is 73.7 Å². The second kappa shape index (κ2) is 8.69. The number of nitrogens with one attached hydrogen (secondary N) is 1. The average molecular weight is 354 g/mol. The van der Waals surface area contributed by atoms with E-state index in [9.17, 15) is 4.79 Å². The smallest absolute Gasteiger partial charge is 0.254 e. The van der Waals surface area contributed by atoms with E-state index in [-0.39, 0.29) is 30.7 Å². The Balaban J connectivity index is 0.00000121. The molecule has 130 valence electrons. The second-order valence-corrected chi connectivity index (χ2v) is 6.36. The Morgan fingerprint density at radius 3 is 2.14 bits per heavy atom. The predicted octanol–water partition coefficient (Wildman–Crippen LogP) is 1.30. The van der Waals surface area contributed by atoms with Crippen LogP contribution in [0.1, 0.15) is 32.1 Å². The quantitative estimate of drug-likeness (QED) is 0.830. The normalized spacial score (nSPS) is 25.6. The van der Waals surface area contributed by atoms with E-state index < -0.39 is 5.60 Å². The first-order valence-electron chi connectivity index (χ1n) is 8.04. The number of carbonyl (C=O) groups excluding carboxylic acids is 1. The molecule has 0 radical (unpaired) electrons. The maximum atomic E-state index is 12.8. The van der Waals surface area contributed by atoms with E-state index in [1.165, 1.54) is 19.3 Å². The van der Waals surface area contributed by atoms with Crippen molar-refractivity contribution in [1.29, 1.82) is 0 Å². The van der Waals surface area contributed by atoms with Crippen LogP contribution in [0.4, 0.5) is 0 Å². The summed E-state index contributed by atoms with van der Waals surface area (Å²) in [5, 5.41) is 3.31. The molecule has 22 heavy (non-hydrogen) atoms. The van der Waals surface area contributed by atoms with Gasteiger partial charge >= 0.3 is 0 Å². The summed E-state index contributed by atoms with van der Waals surface area (Å²) in [7, 11) is 1.69. The van der Waals surface area contributed by atoms with Crippen LogP contribution >= 0.6 is 24.8 Å². The van der Waals surface area contributed by atoms with Crippen molar-refractivity contribution < 1.29 is 9.53 Å². The number of amides is 1. The average Bonchev–Trinajstić information content (AvgIpc) is 2.46. The van der Waals surface area contributed by atoms with Crippen molar-refractivity contribution in [1.82, 2.24) is 15.1 Å². The molecule has 2 aliphatic heterocycles. The first kappa shape index (κ1) is 20.0. The highest BCUT2D eigenvalue weighted by molar-refractivity contribution is 5.86. The summed E-state index contributed by atoms with van der Waals surface area (Å²) in [5.74, 6) is 0.217. The first-order valence-corrected chi connectivity index (χ1v) is 8.04. The predicted molar refractivity (Wildman–Crippen MR) is 92.1 cm³/mol. The molecule has 0 aromatic heterocycles. The minimum Gasteiger partial charge on any atom is -0.368 e. The zero-order valence-corrected chi connectivity index (χ0v) is 15.0. The molecule has 0 bridgehead atoms. The van der Waals surface area contributed by atoms with Crippen LogP contribution in [0.25, 0.3) is 0 Å². The molecule has 0 unspecified atom stereocenters. The van der Waals surface area contributed by atoms with Crippen LogP contribution in [0, 0.1) is 0 Å². The number of hydrogen-bond donors (Lipinski definition) is 1. The van der Waals surface area contributed by atoms with Crippen molar-refractivity contribution in [2.45, 2.75) is 43.7 Å². The summed E-state index contributed by atoms with van der Waals surface area (Å²) in [4.78, 5) is 17.4. The molecular weight excluding hydrogens is 325 g/mol. The van der Waals surface area contributed by atoms with E-state index in [1.54, 1.807) is 7.11 Å². The lowest BCUT2D eigenvalue weighted by Gasteiger charge is -2.45. The minimum absolute atomic E-state index is 0. The lowest BCUT2D eigenvalue weighted by Crippen LogP contribution is -2.60. The van der Waals surface area contributed by atoms with E-state index in [2.05, 4.69) is 10.2 Å². The summed E-state index contributed by atoms with van der Waals surface area (Å²) in [6, 6.07) is 0.794. The fourth-order valence-electron chi connectivity index (χ4n) is 3.67. The van der Waals surface area contributed by atoms with E-state index in [4.69, 9.17) is 4.74 Å². The number of halogens is 2. The number of rotatable bonds is 3. The Hall–Kier alpha value is -0.0700. The Bertz CT molecular complexity index is 353. The minimum atomic E-state index is -0.566. The highest BCUT2D eigenvalue weighted by atomic mass is 35.5. The molecule has 2 saturated heterocycles. The zero-order valence-electron chi connectivity index (χ0n) is 13.4. The zero-order chi connectivity index (χ0) is 14.0. The largest absolute Gasteiger partial charge is 0.368 e. The number of methoxy groups -OCH3 is 1. The van der Waals surface area contributed by atoms with Crippen LogP contribution in [0.3, 0.4) is 0 Å². The van der Waals surface area contributed by atoms with Crippen molar-refractivity contribution in [3.63, 3.8) is 0 Å². The number of piperidine rings is 1. The first-order chi connectivity index (χ1) is 9.75. The van der Waals surface area contributed by atoms with Crippen LogP contribution in [0.2, 0.25) is 0 Å². The van der Waals surface area contributed by atoms with Crippen molar-refractivity contribution in [2.24, 2.45) is 0 Å². The van der Waals surface area contributed by atoms with Gasteiger partial charge in [0.1, 0.15) is 5.60 Å². The summed E-state index contributed by atoms with van der Waals surface area (Å²) in [5.41, 5.74) is -0.566. The Kier molecular flexibility index (Phi) is 7.89. The highest BCUT2D eigenvalue weighted by Crippen LogP contribution is 2.28. The molecule has 1 aliphatic carbocycles. The van der Waals surface area contributed by atoms with Crippen LogP contribution in [0.15, 0.2) is 0 Å². The van der Waals surface area contributed by atoms with Gasteiger partial charge in [-0.1, -0.05) is 6.42 Å². The maximum Gasteiger partial charge on any atom is 0.254 e. The number of piperazine rings is 1. The topological polar surface area (TPSA) is 44.8 Å². The molecule has 1 saturated carbocycles. The van der Waals surface area contributed by atoms with Gasteiger partial charge in [-0.05, 0) is 38.8 Å². The van der Waals surface area contributed by atoms with Crippen molar-refractivity contribution in [3.05, 3.63) is 0 Å². The summed E-state index contributed by atoms with van der Waals surface area (Å²) >= 11 is 0.